The van der Waals surface area contributed by atoms with Gasteiger partial charge in [-0.2, -0.15) is 0 Å². The third kappa shape index (κ3) is 8.65. The van der Waals surface area contributed by atoms with Crippen molar-refractivity contribution < 1.29 is 0 Å². The van der Waals surface area contributed by atoms with Crippen molar-refractivity contribution in [1.82, 2.24) is 19.1 Å². The van der Waals surface area contributed by atoms with Crippen LogP contribution in [0.25, 0.3) is 67.3 Å². The van der Waals surface area contributed by atoms with Crippen LogP contribution in [0.3, 0.4) is 0 Å². The first-order chi connectivity index (χ1) is 35.7. The first-order valence-corrected chi connectivity index (χ1v) is 24.2. The van der Waals surface area contributed by atoms with Gasteiger partial charge in [0.15, 0.2) is 0 Å². The van der Waals surface area contributed by atoms with E-state index in [0.717, 1.165) is 79.4 Å². The fourth-order valence-electron chi connectivity index (χ4n) is 9.68. The molecule has 12 aromatic rings. The Bertz CT molecular complexity index is 3420. The van der Waals surface area contributed by atoms with Gasteiger partial charge in [0.25, 0.3) is 0 Å². The molecule has 0 saturated carbocycles. The third-order valence-corrected chi connectivity index (χ3v) is 13.2. The lowest BCUT2D eigenvalue weighted by atomic mass is 10.0. The van der Waals surface area contributed by atoms with Crippen LogP contribution >= 0.6 is 0 Å². The van der Waals surface area contributed by atoms with Crippen molar-refractivity contribution >= 4 is 34.4 Å². The second-order valence-electron chi connectivity index (χ2n) is 17.6. The van der Waals surface area contributed by atoms with Gasteiger partial charge in [-0.05, 0) is 142 Å². The van der Waals surface area contributed by atoms with Crippen LogP contribution in [0.5, 0.6) is 0 Å². The van der Waals surface area contributed by atoms with Crippen molar-refractivity contribution in [2.24, 2.45) is 0 Å². The van der Waals surface area contributed by atoms with Crippen molar-refractivity contribution in [3.63, 3.8) is 0 Å². The standard InChI is InChI=1S/C66H48N6/c1-5-15-49(16-6-1)53-33-37-59(38-34-53)69(61-23-13-45-67-47-61)65-43-41-63(71(65)57-19-9-3-10-20-57)55-29-25-51(26-30-55)52-27-31-56(32-28-52)64-42-44-66(72(64)58-21-11-4-12-22-58)70(62-24-14-46-68-48-62)60-39-35-54(36-40-60)50-17-7-2-8-18-50/h1-48H. The molecule has 0 unspecified atom stereocenters. The van der Waals surface area contributed by atoms with Crippen LogP contribution < -0.4 is 9.80 Å². The van der Waals surface area contributed by atoms with Crippen LogP contribution in [0.15, 0.2) is 292 Å². The highest BCUT2D eigenvalue weighted by Gasteiger charge is 2.23. The van der Waals surface area contributed by atoms with E-state index in [1.165, 1.54) is 22.3 Å². The largest absolute Gasteiger partial charge is 0.296 e. The molecule has 0 aliphatic carbocycles. The summed E-state index contributed by atoms with van der Waals surface area (Å²) in [7, 11) is 0. The number of aromatic nitrogens is 4. The number of para-hydroxylation sites is 2. The fourth-order valence-corrected chi connectivity index (χ4v) is 9.68. The molecule has 0 saturated heterocycles. The van der Waals surface area contributed by atoms with Gasteiger partial charge in [-0.15, -0.1) is 0 Å². The first kappa shape index (κ1) is 43.5. The highest BCUT2D eigenvalue weighted by molar-refractivity contribution is 5.84. The van der Waals surface area contributed by atoms with E-state index >= 15 is 0 Å². The summed E-state index contributed by atoms with van der Waals surface area (Å²) in [6, 6.07) is 94.6. The number of pyridine rings is 2. The zero-order chi connectivity index (χ0) is 48.1. The molecule has 4 heterocycles. The minimum atomic E-state index is 0.970. The summed E-state index contributed by atoms with van der Waals surface area (Å²) in [6.45, 7) is 0. The Hall–Kier alpha value is -9.78. The summed E-state index contributed by atoms with van der Waals surface area (Å²) in [5.74, 6) is 2.01. The normalized spacial score (nSPS) is 11.1. The van der Waals surface area contributed by atoms with Gasteiger partial charge in [0, 0.05) is 35.1 Å². The molecule has 0 aliphatic heterocycles. The van der Waals surface area contributed by atoms with Gasteiger partial charge < -0.3 is 0 Å². The van der Waals surface area contributed by atoms with E-state index in [1.54, 1.807) is 0 Å². The zero-order valence-electron chi connectivity index (χ0n) is 39.4. The predicted molar refractivity (Wildman–Crippen MR) is 297 cm³/mol. The molecule has 0 atom stereocenters. The zero-order valence-corrected chi connectivity index (χ0v) is 39.4. The number of hydrogen-bond acceptors (Lipinski definition) is 4. The first-order valence-electron chi connectivity index (χ1n) is 24.2. The van der Waals surface area contributed by atoms with E-state index in [1.807, 2.05) is 36.9 Å². The third-order valence-electron chi connectivity index (χ3n) is 13.2. The van der Waals surface area contributed by atoms with E-state index in [9.17, 15) is 0 Å². The van der Waals surface area contributed by atoms with E-state index in [4.69, 9.17) is 0 Å². The van der Waals surface area contributed by atoms with Gasteiger partial charge in [-0.1, -0.05) is 170 Å². The maximum Gasteiger partial charge on any atom is 0.122 e. The van der Waals surface area contributed by atoms with Crippen molar-refractivity contribution in [3.8, 4) is 67.3 Å². The summed E-state index contributed by atoms with van der Waals surface area (Å²) >= 11 is 0. The van der Waals surface area contributed by atoms with Crippen molar-refractivity contribution in [1.29, 1.82) is 0 Å². The second kappa shape index (κ2) is 19.7. The Kier molecular flexibility index (Phi) is 11.9. The number of anilines is 6. The van der Waals surface area contributed by atoms with Crippen LogP contribution in [-0.2, 0) is 0 Å². The van der Waals surface area contributed by atoms with Crippen molar-refractivity contribution in [3.05, 3.63) is 292 Å². The van der Waals surface area contributed by atoms with E-state index in [-0.39, 0.29) is 0 Å². The smallest absolute Gasteiger partial charge is 0.122 e. The molecule has 0 N–H and O–H groups in total. The highest BCUT2D eigenvalue weighted by atomic mass is 15.3. The van der Waals surface area contributed by atoms with Gasteiger partial charge in [0.05, 0.1) is 35.2 Å². The lowest BCUT2D eigenvalue weighted by Crippen LogP contribution is -2.14. The topological polar surface area (TPSA) is 42.1 Å². The summed E-state index contributed by atoms with van der Waals surface area (Å²) in [5.41, 5.74) is 17.5. The molecule has 0 bridgehead atoms. The Labute approximate surface area is 420 Å². The van der Waals surface area contributed by atoms with Crippen LogP contribution in [0.1, 0.15) is 0 Å². The predicted octanol–water partition coefficient (Wildman–Crippen LogP) is 17.3. The molecule has 6 heteroatoms. The molecule has 0 amide bonds. The summed E-state index contributed by atoms with van der Waals surface area (Å²) in [4.78, 5) is 13.7. The lowest BCUT2D eigenvalue weighted by Gasteiger charge is -2.27. The molecule has 6 nitrogen and oxygen atoms in total. The lowest BCUT2D eigenvalue weighted by molar-refractivity contribution is 1.04. The minimum Gasteiger partial charge on any atom is -0.296 e. The molecule has 0 fully saturated rings. The summed E-state index contributed by atoms with van der Waals surface area (Å²) < 4.78 is 4.68. The quantitative estimate of drug-likeness (QED) is 0.116. The Balaban J connectivity index is 0.882. The fraction of sp³-hybridized carbons (Fsp3) is 0. The summed E-state index contributed by atoms with van der Waals surface area (Å²) in [5, 5.41) is 0. The Morgan fingerprint density at radius 2 is 0.542 bits per heavy atom. The molecule has 0 spiro atoms. The second-order valence-corrected chi connectivity index (χ2v) is 17.6. The molecule has 4 aromatic heterocycles. The Morgan fingerprint density at radius 3 is 0.875 bits per heavy atom. The molecule has 0 aliphatic rings. The number of hydrogen-bond donors (Lipinski definition) is 0. The van der Waals surface area contributed by atoms with Gasteiger partial charge in [0.2, 0.25) is 0 Å². The molecular formula is C66H48N6. The molecule has 0 radical (unpaired) electrons. The van der Waals surface area contributed by atoms with Crippen molar-refractivity contribution in [2.45, 2.75) is 0 Å². The monoisotopic (exact) mass is 924 g/mol. The van der Waals surface area contributed by atoms with Crippen LogP contribution in [0.4, 0.5) is 34.4 Å². The molecule has 342 valence electrons. The number of rotatable bonds is 13. The maximum absolute atomic E-state index is 4.55. The molecular weight excluding hydrogens is 877 g/mol. The number of benzene rings is 8. The molecule has 8 aromatic carbocycles. The van der Waals surface area contributed by atoms with Gasteiger partial charge in [-0.3, -0.25) is 28.9 Å². The maximum atomic E-state index is 4.55. The highest BCUT2D eigenvalue weighted by Crippen LogP contribution is 2.43. The van der Waals surface area contributed by atoms with Crippen LogP contribution in [0, 0.1) is 0 Å². The van der Waals surface area contributed by atoms with Gasteiger partial charge in [0.1, 0.15) is 11.6 Å². The van der Waals surface area contributed by atoms with Gasteiger partial charge in [-0.25, -0.2) is 0 Å². The van der Waals surface area contributed by atoms with Crippen LogP contribution in [0.2, 0.25) is 0 Å². The minimum absolute atomic E-state index is 0.970. The van der Waals surface area contributed by atoms with E-state index in [0.29, 0.717) is 0 Å². The number of nitrogens with zero attached hydrogens (tertiary/aromatic N) is 6. The Morgan fingerprint density at radius 1 is 0.236 bits per heavy atom. The van der Waals surface area contributed by atoms with E-state index < -0.39 is 0 Å². The molecule has 12 rings (SSSR count). The SMILES string of the molecule is c1ccc(-c2ccc(N(c3cccnc3)c3ccc(-c4ccc(-c5ccc(-c6ccc(N(c7ccc(-c8ccccc8)cc7)c7cccnc7)n6-c6ccccc6)cc5)cc4)n3-c3ccccc3)cc2)cc1. The van der Waals surface area contributed by atoms with Crippen LogP contribution in [-0.4, -0.2) is 19.1 Å². The average molecular weight is 925 g/mol. The average Bonchev–Trinajstić information content (AvgIpc) is 4.11. The summed E-state index contributed by atoms with van der Waals surface area (Å²) in [6.07, 6.45) is 7.49. The van der Waals surface area contributed by atoms with Crippen molar-refractivity contribution in [2.75, 3.05) is 9.80 Å². The molecule has 72 heavy (non-hydrogen) atoms. The van der Waals surface area contributed by atoms with E-state index in [2.05, 4.69) is 284 Å². The van der Waals surface area contributed by atoms with Gasteiger partial charge >= 0.3 is 0 Å².